The highest BCUT2D eigenvalue weighted by Gasteiger charge is 2.21. The highest BCUT2D eigenvalue weighted by molar-refractivity contribution is 5.53. The van der Waals surface area contributed by atoms with Gasteiger partial charge in [0.1, 0.15) is 11.6 Å². The minimum absolute atomic E-state index is 0.186. The summed E-state index contributed by atoms with van der Waals surface area (Å²) in [5.41, 5.74) is 0.633. The van der Waals surface area contributed by atoms with Crippen LogP contribution >= 0.6 is 0 Å². The van der Waals surface area contributed by atoms with Gasteiger partial charge in [0.05, 0.1) is 12.8 Å². The minimum atomic E-state index is -0.186. The lowest BCUT2D eigenvalue weighted by Crippen LogP contribution is -2.50. The van der Waals surface area contributed by atoms with Crippen LogP contribution in [0.25, 0.3) is 0 Å². The van der Waals surface area contributed by atoms with E-state index in [-0.39, 0.29) is 5.82 Å². The van der Waals surface area contributed by atoms with Gasteiger partial charge in [-0.1, -0.05) is 0 Å². The number of hydrogen-bond acceptors (Lipinski definition) is 3. The van der Waals surface area contributed by atoms with E-state index in [1.807, 2.05) is 0 Å². The third-order valence-electron chi connectivity index (χ3n) is 2.96. The summed E-state index contributed by atoms with van der Waals surface area (Å²) in [7, 11) is 1.60. The van der Waals surface area contributed by atoms with E-state index in [0.717, 1.165) is 19.6 Å². The van der Waals surface area contributed by atoms with Crippen molar-refractivity contribution >= 4 is 5.69 Å². The van der Waals surface area contributed by atoms with E-state index in [1.165, 1.54) is 6.07 Å². The van der Waals surface area contributed by atoms with Crippen molar-refractivity contribution in [1.29, 1.82) is 0 Å². The molecule has 1 aromatic carbocycles. The number of anilines is 1. The molecule has 0 aliphatic carbocycles. The van der Waals surface area contributed by atoms with Crippen LogP contribution in [-0.4, -0.2) is 32.8 Å². The van der Waals surface area contributed by atoms with Gasteiger partial charge in [0.2, 0.25) is 0 Å². The normalized spacial score (nSPS) is 20.9. The lowest BCUT2D eigenvalue weighted by atomic mass is 10.1. The van der Waals surface area contributed by atoms with Crippen LogP contribution in [0.5, 0.6) is 5.75 Å². The number of piperazine rings is 1. The number of hydrogen-bond donors (Lipinski definition) is 1. The summed E-state index contributed by atoms with van der Waals surface area (Å²) >= 11 is 0. The highest BCUT2D eigenvalue weighted by Crippen LogP contribution is 2.26. The van der Waals surface area contributed by atoms with Crippen molar-refractivity contribution < 1.29 is 9.13 Å². The summed E-state index contributed by atoms with van der Waals surface area (Å²) in [6.45, 7) is 4.69. The first-order valence-electron chi connectivity index (χ1n) is 5.53. The van der Waals surface area contributed by atoms with E-state index in [4.69, 9.17) is 4.74 Å². The van der Waals surface area contributed by atoms with Crippen LogP contribution in [-0.2, 0) is 0 Å². The topological polar surface area (TPSA) is 24.5 Å². The number of methoxy groups -OCH3 is 1. The number of rotatable bonds is 2. The van der Waals surface area contributed by atoms with Gasteiger partial charge in [-0.25, -0.2) is 4.39 Å². The van der Waals surface area contributed by atoms with E-state index >= 15 is 0 Å². The van der Waals surface area contributed by atoms with Gasteiger partial charge in [0.15, 0.2) is 0 Å². The van der Waals surface area contributed by atoms with Gasteiger partial charge in [-0.3, -0.25) is 0 Å². The molecule has 4 heteroatoms. The molecule has 3 nitrogen and oxygen atoms in total. The van der Waals surface area contributed by atoms with Crippen LogP contribution in [0.4, 0.5) is 10.1 Å². The molecule has 0 bridgehead atoms. The lowest BCUT2D eigenvalue weighted by molar-refractivity contribution is 0.412. The highest BCUT2D eigenvalue weighted by atomic mass is 19.1. The summed E-state index contributed by atoms with van der Waals surface area (Å²) in [6.07, 6.45) is 0. The van der Waals surface area contributed by atoms with E-state index in [1.54, 1.807) is 19.2 Å². The Bertz CT molecular complexity index is 370. The standard InChI is InChI=1S/C12H17FN2O/c1-9-8-14-5-6-15(9)12-7-10(16-2)3-4-11(12)13/h3-4,7,9,14H,5-6,8H2,1-2H3. The molecule has 0 amide bonds. The Labute approximate surface area is 95.2 Å². The van der Waals surface area contributed by atoms with Crippen molar-refractivity contribution in [3.05, 3.63) is 24.0 Å². The first-order valence-corrected chi connectivity index (χ1v) is 5.53. The van der Waals surface area contributed by atoms with E-state index in [9.17, 15) is 4.39 Å². The molecule has 1 fully saturated rings. The molecule has 1 saturated heterocycles. The van der Waals surface area contributed by atoms with Crippen LogP contribution in [0.3, 0.4) is 0 Å². The molecule has 0 radical (unpaired) electrons. The Kier molecular flexibility index (Phi) is 3.29. The molecule has 1 heterocycles. The van der Waals surface area contributed by atoms with Crippen molar-refractivity contribution in [3.8, 4) is 5.75 Å². The Morgan fingerprint density at radius 2 is 2.31 bits per heavy atom. The Hall–Kier alpha value is -1.29. The maximum absolute atomic E-state index is 13.7. The maximum Gasteiger partial charge on any atom is 0.146 e. The molecule has 0 saturated carbocycles. The van der Waals surface area contributed by atoms with E-state index < -0.39 is 0 Å². The van der Waals surface area contributed by atoms with Gasteiger partial charge < -0.3 is 15.0 Å². The molecule has 0 spiro atoms. The monoisotopic (exact) mass is 224 g/mol. The van der Waals surface area contributed by atoms with Gasteiger partial charge in [0, 0.05) is 31.7 Å². The predicted molar refractivity (Wildman–Crippen MR) is 62.6 cm³/mol. The summed E-state index contributed by atoms with van der Waals surface area (Å²) in [5, 5.41) is 3.29. The Morgan fingerprint density at radius 3 is 3.00 bits per heavy atom. The molecule has 1 atom stereocenters. The van der Waals surface area contributed by atoms with Gasteiger partial charge >= 0.3 is 0 Å². The van der Waals surface area contributed by atoms with Crippen LogP contribution < -0.4 is 15.0 Å². The van der Waals surface area contributed by atoms with Gasteiger partial charge in [-0.15, -0.1) is 0 Å². The number of benzene rings is 1. The fraction of sp³-hybridized carbons (Fsp3) is 0.500. The second kappa shape index (κ2) is 4.70. The van der Waals surface area contributed by atoms with Crippen molar-refractivity contribution in [2.24, 2.45) is 0 Å². The van der Waals surface area contributed by atoms with Gasteiger partial charge in [0.25, 0.3) is 0 Å². The molecule has 1 N–H and O–H groups in total. The van der Waals surface area contributed by atoms with Gasteiger partial charge in [-0.2, -0.15) is 0 Å². The quantitative estimate of drug-likeness (QED) is 0.826. The zero-order chi connectivity index (χ0) is 11.5. The summed E-state index contributed by atoms with van der Waals surface area (Å²) in [4.78, 5) is 2.08. The van der Waals surface area contributed by atoms with Crippen LogP contribution in [0, 0.1) is 5.82 Å². The number of ether oxygens (including phenoxy) is 1. The molecular weight excluding hydrogens is 207 g/mol. The Balaban J connectivity index is 2.30. The third kappa shape index (κ3) is 2.11. The molecule has 1 aliphatic heterocycles. The fourth-order valence-electron chi connectivity index (χ4n) is 2.04. The van der Waals surface area contributed by atoms with Gasteiger partial charge in [-0.05, 0) is 19.1 Å². The molecule has 2 rings (SSSR count). The zero-order valence-electron chi connectivity index (χ0n) is 9.66. The summed E-state index contributed by atoms with van der Waals surface area (Å²) < 4.78 is 18.9. The lowest BCUT2D eigenvalue weighted by Gasteiger charge is -2.36. The zero-order valence-corrected chi connectivity index (χ0v) is 9.66. The second-order valence-electron chi connectivity index (χ2n) is 4.06. The predicted octanol–water partition coefficient (Wildman–Crippen LogP) is 1.63. The number of nitrogens with zero attached hydrogens (tertiary/aromatic N) is 1. The molecule has 1 aromatic rings. The molecule has 0 aromatic heterocycles. The molecule has 1 unspecified atom stereocenters. The number of halogens is 1. The van der Waals surface area contributed by atoms with Crippen molar-refractivity contribution in [3.63, 3.8) is 0 Å². The molecule has 16 heavy (non-hydrogen) atoms. The fourth-order valence-corrected chi connectivity index (χ4v) is 2.04. The average molecular weight is 224 g/mol. The van der Waals surface area contributed by atoms with Crippen molar-refractivity contribution in [2.45, 2.75) is 13.0 Å². The van der Waals surface area contributed by atoms with Crippen LogP contribution in [0.1, 0.15) is 6.92 Å². The van der Waals surface area contributed by atoms with E-state index in [0.29, 0.717) is 17.5 Å². The second-order valence-corrected chi connectivity index (χ2v) is 4.06. The van der Waals surface area contributed by atoms with Crippen LogP contribution in [0.2, 0.25) is 0 Å². The first-order chi connectivity index (χ1) is 7.72. The minimum Gasteiger partial charge on any atom is -0.497 e. The first kappa shape index (κ1) is 11.2. The largest absolute Gasteiger partial charge is 0.497 e. The maximum atomic E-state index is 13.7. The molecule has 1 aliphatic rings. The van der Waals surface area contributed by atoms with Crippen molar-refractivity contribution in [1.82, 2.24) is 5.32 Å². The smallest absolute Gasteiger partial charge is 0.146 e. The number of nitrogens with one attached hydrogen (secondary N) is 1. The Morgan fingerprint density at radius 1 is 1.50 bits per heavy atom. The van der Waals surface area contributed by atoms with Crippen LogP contribution in [0.15, 0.2) is 18.2 Å². The third-order valence-corrected chi connectivity index (χ3v) is 2.96. The van der Waals surface area contributed by atoms with E-state index in [2.05, 4.69) is 17.1 Å². The summed E-state index contributed by atoms with van der Waals surface area (Å²) in [6, 6.07) is 5.17. The molecular formula is C12H17FN2O. The SMILES string of the molecule is COc1ccc(F)c(N2CCNCC2C)c1. The van der Waals surface area contributed by atoms with Crippen molar-refractivity contribution in [2.75, 3.05) is 31.6 Å². The molecule has 88 valence electrons. The summed E-state index contributed by atoms with van der Waals surface area (Å²) in [5.74, 6) is 0.511. The average Bonchev–Trinajstić information content (AvgIpc) is 2.31.